The predicted octanol–water partition coefficient (Wildman–Crippen LogP) is 5.31. The minimum Gasteiger partial charge on any atom is -0.493 e. The van der Waals surface area contributed by atoms with E-state index in [1.165, 1.54) is 0 Å². The Morgan fingerprint density at radius 2 is 1.88 bits per heavy atom. The number of ether oxygens (including phenoxy) is 4. The zero-order valence-electron chi connectivity index (χ0n) is 20.1. The van der Waals surface area contributed by atoms with E-state index < -0.39 is 0 Å². The molecule has 0 aliphatic carbocycles. The van der Waals surface area contributed by atoms with Crippen molar-refractivity contribution in [3.05, 3.63) is 23.8 Å². The molecule has 1 aromatic carbocycles. The highest BCUT2D eigenvalue weighted by molar-refractivity contribution is 9.09. The quantitative estimate of drug-likeness (QED) is 0.154. The van der Waals surface area contributed by atoms with Crippen LogP contribution in [0.25, 0.3) is 0 Å². The molecular weight excluding hydrogens is 476 g/mol. The number of ketones is 1. The summed E-state index contributed by atoms with van der Waals surface area (Å²) in [5, 5.41) is 0. The Balaban J connectivity index is 2.13. The summed E-state index contributed by atoms with van der Waals surface area (Å²) in [5.41, 5.74) is 0.592. The first-order chi connectivity index (χ1) is 15.2. The van der Waals surface area contributed by atoms with E-state index in [2.05, 4.69) is 15.9 Å². The van der Waals surface area contributed by atoms with Crippen LogP contribution in [0.3, 0.4) is 0 Å². The normalized spacial score (nSPS) is 20.3. The number of alkyl halides is 1. The number of halogens is 1. The summed E-state index contributed by atoms with van der Waals surface area (Å²) >= 11 is 3.72. The Hall–Kier alpha value is -1.60. The average molecular weight is 513 g/mol. The fourth-order valence-corrected chi connectivity index (χ4v) is 4.74. The van der Waals surface area contributed by atoms with Crippen molar-refractivity contribution in [3.63, 3.8) is 0 Å². The first kappa shape index (κ1) is 26.7. The Kier molecular flexibility index (Phi) is 10.5. The van der Waals surface area contributed by atoms with E-state index in [0.29, 0.717) is 43.1 Å². The van der Waals surface area contributed by atoms with E-state index in [9.17, 15) is 9.59 Å². The van der Waals surface area contributed by atoms with Crippen LogP contribution >= 0.6 is 15.9 Å². The van der Waals surface area contributed by atoms with Crippen LogP contribution in [0.15, 0.2) is 18.2 Å². The van der Waals surface area contributed by atoms with Crippen LogP contribution in [0, 0.1) is 23.7 Å². The van der Waals surface area contributed by atoms with E-state index in [1.54, 1.807) is 32.4 Å². The second kappa shape index (κ2) is 12.6. The van der Waals surface area contributed by atoms with E-state index in [4.69, 9.17) is 18.9 Å². The van der Waals surface area contributed by atoms with Gasteiger partial charge in [0.25, 0.3) is 0 Å². The SMILES string of the molecule is COCCCOc1cc(C(=O)C(C[C@@H](Br)[C@@H]2C[C@@H](C(C)C)C(=O)O2)C(C)C)ccc1OC. The molecule has 0 radical (unpaired) electrons. The second-order valence-electron chi connectivity index (χ2n) is 9.09. The number of hydrogen-bond donors (Lipinski definition) is 0. The molecule has 0 aromatic heterocycles. The van der Waals surface area contributed by atoms with Gasteiger partial charge in [-0.25, -0.2) is 0 Å². The Morgan fingerprint density at radius 1 is 1.16 bits per heavy atom. The van der Waals surface area contributed by atoms with E-state index in [0.717, 1.165) is 6.42 Å². The largest absolute Gasteiger partial charge is 0.493 e. The average Bonchev–Trinajstić information content (AvgIpc) is 3.16. The van der Waals surface area contributed by atoms with Crippen LogP contribution in [0.1, 0.15) is 57.3 Å². The lowest BCUT2D eigenvalue weighted by Crippen LogP contribution is -2.29. The number of carbonyl (C=O) groups is 2. The van der Waals surface area contributed by atoms with Crippen LogP contribution in [0.2, 0.25) is 0 Å². The summed E-state index contributed by atoms with van der Waals surface area (Å²) < 4.78 is 21.9. The summed E-state index contributed by atoms with van der Waals surface area (Å²) in [6, 6.07) is 5.32. The van der Waals surface area contributed by atoms with Gasteiger partial charge in [-0.1, -0.05) is 43.6 Å². The second-order valence-corrected chi connectivity index (χ2v) is 10.3. The molecule has 1 aliphatic heterocycles. The van der Waals surface area contributed by atoms with E-state index in [-0.39, 0.29) is 46.4 Å². The van der Waals surface area contributed by atoms with Crippen LogP contribution in [-0.4, -0.2) is 50.1 Å². The summed E-state index contributed by atoms with van der Waals surface area (Å²) in [6.07, 6.45) is 1.82. The third kappa shape index (κ3) is 6.95. The highest BCUT2D eigenvalue weighted by Gasteiger charge is 2.41. The third-order valence-corrected chi connectivity index (χ3v) is 7.05. The van der Waals surface area contributed by atoms with Crippen molar-refractivity contribution in [1.29, 1.82) is 0 Å². The number of esters is 1. The van der Waals surface area contributed by atoms with Gasteiger partial charge < -0.3 is 18.9 Å². The molecule has 1 unspecified atom stereocenters. The smallest absolute Gasteiger partial charge is 0.309 e. The fourth-order valence-electron chi connectivity index (χ4n) is 4.02. The fraction of sp³-hybridized carbons (Fsp3) is 0.680. The monoisotopic (exact) mass is 512 g/mol. The van der Waals surface area contributed by atoms with Crippen LogP contribution in [0.4, 0.5) is 0 Å². The molecule has 7 heteroatoms. The molecule has 1 heterocycles. The van der Waals surface area contributed by atoms with Crippen molar-refractivity contribution < 1.29 is 28.5 Å². The summed E-state index contributed by atoms with van der Waals surface area (Å²) in [5.74, 6) is 1.15. The summed E-state index contributed by atoms with van der Waals surface area (Å²) in [7, 11) is 3.23. The highest BCUT2D eigenvalue weighted by Crippen LogP contribution is 2.36. The molecule has 1 fully saturated rings. The molecule has 2 rings (SSSR count). The number of Topliss-reactive ketones (excluding diaryl/α,β-unsaturated/α-hetero) is 1. The molecule has 32 heavy (non-hydrogen) atoms. The molecule has 1 saturated heterocycles. The maximum absolute atomic E-state index is 13.5. The Bertz CT molecular complexity index is 763. The maximum atomic E-state index is 13.5. The number of cyclic esters (lactones) is 1. The van der Waals surface area contributed by atoms with Gasteiger partial charge in [0.2, 0.25) is 0 Å². The number of rotatable bonds is 13. The van der Waals surface area contributed by atoms with Gasteiger partial charge in [-0.05, 0) is 42.9 Å². The first-order valence-corrected chi connectivity index (χ1v) is 12.3. The molecular formula is C25H37BrO6. The zero-order chi connectivity index (χ0) is 23.8. The van der Waals surface area contributed by atoms with Gasteiger partial charge >= 0.3 is 5.97 Å². The van der Waals surface area contributed by atoms with Crippen molar-refractivity contribution in [3.8, 4) is 11.5 Å². The number of carbonyl (C=O) groups excluding carboxylic acids is 2. The lowest BCUT2D eigenvalue weighted by atomic mass is 9.82. The van der Waals surface area contributed by atoms with Crippen LogP contribution in [-0.2, 0) is 14.3 Å². The van der Waals surface area contributed by atoms with Gasteiger partial charge in [0.15, 0.2) is 17.3 Å². The summed E-state index contributed by atoms with van der Waals surface area (Å²) in [4.78, 5) is 25.6. The summed E-state index contributed by atoms with van der Waals surface area (Å²) in [6.45, 7) is 9.25. The lowest BCUT2D eigenvalue weighted by Gasteiger charge is -2.25. The molecule has 4 atom stereocenters. The highest BCUT2D eigenvalue weighted by atomic mass is 79.9. The van der Waals surface area contributed by atoms with Crippen molar-refractivity contribution in [2.24, 2.45) is 23.7 Å². The topological polar surface area (TPSA) is 71.1 Å². The molecule has 180 valence electrons. The zero-order valence-corrected chi connectivity index (χ0v) is 21.6. The number of hydrogen-bond acceptors (Lipinski definition) is 6. The first-order valence-electron chi connectivity index (χ1n) is 11.4. The minimum atomic E-state index is -0.217. The van der Waals surface area contributed by atoms with Crippen molar-refractivity contribution >= 4 is 27.7 Å². The predicted molar refractivity (Wildman–Crippen MR) is 128 cm³/mol. The van der Waals surface area contributed by atoms with Crippen LogP contribution < -0.4 is 9.47 Å². The molecule has 0 bridgehead atoms. The molecule has 0 amide bonds. The van der Waals surface area contributed by atoms with Gasteiger partial charge in [-0.2, -0.15) is 0 Å². The molecule has 1 aliphatic rings. The third-order valence-electron chi connectivity index (χ3n) is 6.08. The van der Waals surface area contributed by atoms with Gasteiger partial charge in [-0.3, -0.25) is 9.59 Å². The molecule has 0 N–H and O–H groups in total. The van der Waals surface area contributed by atoms with Crippen molar-refractivity contribution in [1.82, 2.24) is 0 Å². The Labute approximate surface area is 200 Å². The standard InChI is InChI=1S/C25H37BrO6/c1-15(2)18(13-20(26)22-14-19(16(3)4)25(28)32-22)24(27)17-8-9-21(30-6)23(12-17)31-11-7-10-29-5/h8-9,12,15-16,18-20,22H,7,10-11,13-14H2,1-6H3/t18?,19-,20+,22-/m0/s1. The van der Waals surface area contributed by atoms with Gasteiger partial charge in [0, 0.05) is 31.6 Å². The number of methoxy groups -OCH3 is 2. The van der Waals surface area contributed by atoms with Gasteiger partial charge in [0.05, 0.1) is 24.5 Å². The molecule has 0 saturated carbocycles. The van der Waals surface area contributed by atoms with Gasteiger partial charge in [0.1, 0.15) is 6.10 Å². The molecule has 6 nitrogen and oxygen atoms in total. The van der Waals surface area contributed by atoms with E-state index >= 15 is 0 Å². The Morgan fingerprint density at radius 3 is 2.44 bits per heavy atom. The maximum Gasteiger partial charge on any atom is 0.309 e. The molecule has 1 aromatic rings. The van der Waals surface area contributed by atoms with Crippen molar-refractivity contribution in [2.75, 3.05) is 27.4 Å². The van der Waals surface area contributed by atoms with E-state index in [1.807, 2.05) is 27.7 Å². The number of benzene rings is 1. The molecule has 0 spiro atoms. The lowest BCUT2D eigenvalue weighted by molar-refractivity contribution is -0.145. The van der Waals surface area contributed by atoms with Crippen molar-refractivity contribution in [2.45, 2.75) is 57.9 Å². The van der Waals surface area contributed by atoms with Gasteiger partial charge in [-0.15, -0.1) is 0 Å². The van der Waals surface area contributed by atoms with Crippen LogP contribution in [0.5, 0.6) is 11.5 Å². The minimum absolute atomic E-state index is 0.0542.